The van der Waals surface area contributed by atoms with Gasteiger partial charge in [-0.25, -0.2) is 23.7 Å². The van der Waals surface area contributed by atoms with Crippen LogP contribution in [-0.2, 0) is 10.3 Å². The van der Waals surface area contributed by atoms with E-state index in [0.29, 0.717) is 34.3 Å². The third-order valence-electron chi connectivity index (χ3n) is 6.32. The predicted molar refractivity (Wildman–Crippen MR) is 131 cm³/mol. The van der Waals surface area contributed by atoms with Gasteiger partial charge in [0, 0.05) is 36.5 Å². The van der Waals surface area contributed by atoms with Crippen LogP contribution < -0.4 is 15.8 Å². The number of terminal acetylenes is 1. The molecule has 11 heteroatoms. The summed E-state index contributed by atoms with van der Waals surface area (Å²) in [4.78, 5) is 17.6. The molecule has 2 aliphatic rings. The molecular formula is C24H22F2N6O2S. The van der Waals surface area contributed by atoms with Crippen LogP contribution in [0.2, 0.25) is 0 Å². The summed E-state index contributed by atoms with van der Waals surface area (Å²) < 4.78 is 40.4. The number of aromatic nitrogens is 3. The number of halogens is 2. The van der Waals surface area contributed by atoms with E-state index in [1.165, 1.54) is 24.2 Å². The molecule has 3 heterocycles. The summed E-state index contributed by atoms with van der Waals surface area (Å²) in [6.45, 7) is 2.29. The van der Waals surface area contributed by atoms with E-state index in [0.717, 1.165) is 12.5 Å². The summed E-state index contributed by atoms with van der Waals surface area (Å²) in [5, 5.41) is 3.37. The van der Waals surface area contributed by atoms with E-state index in [2.05, 4.69) is 31.2 Å². The van der Waals surface area contributed by atoms with Crippen LogP contribution in [-0.4, -0.2) is 45.2 Å². The van der Waals surface area contributed by atoms with Crippen molar-refractivity contribution in [3.05, 3.63) is 47.8 Å². The highest BCUT2D eigenvalue weighted by molar-refractivity contribution is 8.15. The molecule has 0 amide bonds. The van der Waals surface area contributed by atoms with Gasteiger partial charge in [-0.15, -0.1) is 6.42 Å². The maximum Gasteiger partial charge on any atom is 0.233 e. The number of thioether (sulfide) groups is 1. The monoisotopic (exact) mass is 496 g/mol. The molecule has 1 aromatic carbocycles. The van der Waals surface area contributed by atoms with Crippen molar-refractivity contribution >= 4 is 39.5 Å². The van der Waals surface area contributed by atoms with Gasteiger partial charge in [0.05, 0.1) is 28.6 Å². The molecule has 1 fully saturated rings. The topological polar surface area (TPSA) is 108 Å². The number of pyridine rings is 1. The van der Waals surface area contributed by atoms with Gasteiger partial charge in [0.25, 0.3) is 0 Å². The smallest absolute Gasteiger partial charge is 0.233 e. The van der Waals surface area contributed by atoms with E-state index >= 15 is 4.39 Å². The Labute approximate surface area is 204 Å². The molecule has 3 N–H and O–H groups in total. The van der Waals surface area contributed by atoms with E-state index in [-0.39, 0.29) is 28.7 Å². The molecule has 1 saturated carbocycles. The van der Waals surface area contributed by atoms with Crippen molar-refractivity contribution in [2.75, 3.05) is 25.6 Å². The second kappa shape index (κ2) is 8.62. The van der Waals surface area contributed by atoms with Crippen LogP contribution in [0, 0.1) is 29.9 Å². The van der Waals surface area contributed by atoms with E-state index in [4.69, 9.17) is 21.6 Å². The number of nitrogens with zero attached hydrogens (tertiary/aromatic N) is 4. The molecule has 8 nitrogen and oxygen atoms in total. The molecule has 180 valence electrons. The summed E-state index contributed by atoms with van der Waals surface area (Å²) in [6.07, 6.45) is 8.89. The molecule has 3 atom stereocenters. The second-order valence-electron chi connectivity index (χ2n) is 8.63. The standard InChI is InChI=1S/C24H22F2N6O2S/c1-4-7-34-18-11-29-20-16(31-18)5-6-28-21(20)30-13-8-14(19(26)15(25)9-13)23(2)17-10-24(17,12-33-3)35-22(27)32-23/h1,5-6,8-9,11,17H,7,10,12H2,2-3H3,(H2,27,32)(H,28,30)/t17-,23-,24+/m0/s1. The lowest BCUT2D eigenvalue weighted by Crippen LogP contribution is -2.37. The van der Waals surface area contributed by atoms with Crippen LogP contribution >= 0.6 is 11.8 Å². The lowest BCUT2D eigenvalue weighted by atomic mass is 9.85. The molecular weight excluding hydrogens is 474 g/mol. The number of hydrogen-bond acceptors (Lipinski definition) is 9. The number of anilines is 2. The number of hydrogen-bond donors (Lipinski definition) is 2. The highest BCUT2D eigenvalue weighted by atomic mass is 32.2. The molecule has 0 spiro atoms. The van der Waals surface area contributed by atoms with Crippen molar-refractivity contribution in [3.8, 4) is 18.2 Å². The Morgan fingerprint density at radius 2 is 2.17 bits per heavy atom. The SMILES string of the molecule is C#CCOc1cnc2c(Nc3cc(F)c(F)c([C@]4(C)N=C(N)S[C@@]5(COC)C[C@H]54)c3)nccc2n1. The van der Waals surface area contributed by atoms with Gasteiger partial charge in [0.15, 0.2) is 29.2 Å². The Morgan fingerprint density at radius 3 is 2.94 bits per heavy atom. The molecule has 1 aliphatic heterocycles. The average Bonchev–Trinajstić information content (AvgIpc) is 3.54. The number of benzene rings is 1. The Morgan fingerprint density at radius 1 is 1.34 bits per heavy atom. The van der Waals surface area contributed by atoms with Crippen molar-refractivity contribution in [1.29, 1.82) is 0 Å². The summed E-state index contributed by atoms with van der Waals surface area (Å²) in [7, 11) is 1.61. The Balaban J connectivity index is 1.52. The normalized spacial score (nSPS) is 24.9. The molecule has 0 bridgehead atoms. The average molecular weight is 497 g/mol. The molecule has 0 unspecified atom stereocenters. The minimum atomic E-state index is -1.05. The van der Waals surface area contributed by atoms with Crippen molar-refractivity contribution in [2.24, 2.45) is 16.6 Å². The number of nitrogens with two attached hydrogens (primary N) is 1. The summed E-state index contributed by atoms with van der Waals surface area (Å²) in [5.74, 6) is 0.936. The van der Waals surface area contributed by atoms with Crippen molar-refractivity contribution < 1.29 is 18.3 Å². The summed E-state index contributed by atoms with van der Waals surface area (Å²) in [6, 6.07) is 4.27. The molecule has 0 radical (unpaired) electrons. The molecule has 5 rings (SSSR count). The zero-order valence-electron chi connectivity index (χ0n) is 19.0. The van der Waals surface area contributed by atoms with Gasteiger partial charge in [0.1, 0.15) is 5.52 Å². The highest BCUT2D eigenvalue weighted by Gasteiger charge is 2.66. The van der Waals surface area contributed by atoms with Crippen molar-refractivity contribution in [3.63, 3.8) is 0 Å². The fourth-order valence-corrected chi connectivity index (χ4v) is 6.15. The van der Waals surface area contributed by atoms with Gasteiger partial charge in [-0.1, -0.05) is 17.7 Å². The largest absolute Gasteiger partial charge is 0.463 e. The number of amidine groups is 1. The molecule has 35 heavy (non-hydrogen) atoms. The van der Waals surface area contributed by atoms with E-state index in [9.17, 15) is 4.39 Å². The van der Waals surface area contributed by atoms with Gasteiger partial charge in [-0.05, 0) is 25.5 Å². The minimum absolute atomic E-state index is 0.0561. The molecule has 2 aromatic heterocycles. The summed E-state index contributed by atoms with van der Waals surface area (Å²) in [5.41, 5.74) is 6.39. The minimum Gasteiger partial charge on any atom is -0.463 e. The fourth-order valence-electron chi connectivity index (χ4n) is 4.70. The number of fused-ring (bicyclic) bond motifs is 2. The zero-order valence-corrected chi connectivity index (χ0v) is 19.8. The first-order valence-electron chi connectivity index (χ1n) is 10.8. The first-order valence-corrected chi connectivity index (χ1v) is 11.6. The fraction of sp³-hybridized carbons (Fsp3) is 0.333. The first-order chi connectivity index (χ1) is 16.8. The molecule has 0 saturated heterocycles. The second-order valence-corrected chi connectivity index (χ2v) is 10.1. The van der Waals surface area contributed by atoms with Crippen LogP contribution in [0.3, 0.4) is 0 Å². The van der Waals surface area contributed by atoms with Crippen LogP contribution in [0.15, 0.2) is 35.6 Å². The van der Waals surface area contributed by atoms with Gasteiger partial charge in [-0.3, -0.25) is 4.99 Å². The highest BCUT2D eigenvalue weighted by Crippen LogP contribution is 2.66. The van der Waals surface area contributed by atoms with Gasteiger partial charge in [-0.2, -0.15) is 0 Å². The van der Waals surface area contributed by atoms with Crippen molar-refractivity contribution in [1.82, 2.24) is 15.0 Å². The first kappa shape index (κ1) is 23.3. The zero-order chi connectivity index (χ0) is 24.8. The molecule has 3 aromatic rings. The van der Waals surface area contributed by atoms with Gasteiger partial charge < -0.3 is 20.5 Å². The lowest BCUT2D eigenvalue weighted by Gasteiger charge is -2.34. The molecule has 1 aliphatic carbocycles. The summed E-state index contributed by atoms with van der Waals surface area (Å²) >= 11 is 1.43. The van der Waals surface area contributed by atoms with Gasteiger partial charge in [0.2, 0.25) is 5.88 Å². The number of nitrogens with one attached hydrogen (secondary N) is 1. The van der Waals surface area contributed by atoms with Crippen LogP contribution in [0.1, 0.15) is 18.9 Å². The Bertz CT molecular complexity index is 1400. The third-order valence-corrected chi connectivity index (χ3v) is 7.60. The number of ether oxygens (including phenoxy) is 2. The van der Waals surface area contributed by atoms with Crippen LogP contribution in [0.25, 0.3) is 11.0 Å². The van der Waals surface area contributed by atoms with Gasteiger partial charge >= 0.3 is 0 Å². The van der Waals surface area contributed by atoms with E-state index in [1.54, 1.807) is 26.2 Å². The predicted octanol–water partition coefficient (Wildman–Crippen LogP) is 3.74. The quantitative estimate of drug-likeness (QED) is 0.477. The van der Waals surface area contributed by atoms with E-state index < -0.39 is 17.2 Å². The van der Waals surface area contributed by atoms with Crippen molar-refractivity contribution in [2.45, 2.75) is 23.6 Å². The third kappa shape index (κ3) is 4.02. The van der Waals surface area contributed by atoms with Crippen LogP contribution in [0.5, 0.6) is 5.88 Å². The maximum absolute atomic E-state index is 15.2. The number of aliphatic imine (C=N–C) groups is 1. The number of methoxy groups -OCH3 is 1. The Hall–Kier alpha value is -3.49. The maximum atomic E-state index is 15.2. The number of rotatable bonds is 7. The Kier molecular flexibility index (Phi) is 5.73. The lowest BCUT2D eigenvalue weighted by molar-refractivity contribution is 0.184. The van der Waals surface area contributed by atoms with Crippen LogP contribution in [0.4, 0.5) is 20.3 Å². The van der Waals surface area contributed by atoms with E-state index in [1.807, 2.05) is 0 Å².